The fraction of sp³-hybridized carbons (Fsp3) is 0.895. The van der Waals surface area contributed by atoms with Crippen molar-refractivity contribution in [2.75, 3.05) is 12.9 Å². The van der Waals surface area contributed by atoms with Gasteiger partial charge < -0.3 is 1.43 Å². The topological polar surface area (TPSA) is 43.4 Å². The van der Waals surface area contributed by atoms with Gasteiger partial charge in [0.05, 0.1) is 12.9 Å². The van der Waals surface area contributed by atoms with Gasteiger partial charge in [-0.2, -0.15) is 8.42 Å². The molecule has 3 nitrogen and oxygen atoms in total. The van der Waals surface area contributed by atoms with E-state index >= 15 is 0 Å². The molecule has 0 amide bonds. The van der Waals surface area contributed by atoms with Gasteiger partial charge in [-0.05, 0) is 32.1 Å². The average molecular weight is 371 g/mol. The number of unbranched alkanes of at least 4 members (excludes halogenated alkanes) is 12. The van der Waals surface area contributed by atoms with Crippen molar-refractivity contribution in [3.05, 3.63) is 12.2 Å². The van der Waals surface area contributed by atoms with E-state index < -0.39 is 10.1 Å². The van der Waals surface area contributed by atoms with Gasteiger partial charge in [0.1, 0.15) is 0 Å². The second kappa shape index (κ2) is 20.0. The maximum Gasteiger partial charge on any atom is 1.00 e. The van der Waals surface area contributed by atoms with Crippen LogP contribution in [-0.2, 0) is 14.3 Å². The van der Waals surface area contributed by atoms with Crippen LogP contribution in [-0.4, -0.2) is 21.3 Å². The zero-order chi connectivity index (χ0) is 17.2. The molecule has 0 aliphatic carbocycles. The predicted octanol–water partition coefficient (Wildman–Crippen LogP) is 3.12. The quantitative estimate of drug-likeness (QED) is 0.171. The second-order valence-electron chi connectivity index (χ2n) is 6.46. The third-order valence-electron chi connectivity index (χ3n) is 3.95. The minimum atomic E-state index is -3.25. The zero-order valence-corrected chi connectivity index (χ0v) is 19.2. The zero-order valence-electron chi connectivity index (χ0n) is 17.4. The van der Waals surface area contributed by atoms with Crippen LogP contribution in [0.2, 0.25) is 0 Å². The molecule has 0 aromatic heterocycles. The van der Waals surface area contributed by atoms with Gasteiger partial charge >= 0.3 is 29.6 Å². The molecular formula is C19H39NaO3S. The van der Waals surface area contributed by atoms with Gasteiger partial charge in [0.2, 0.25) is 0 Å². The van der Waals surface area contributed by atoms with Crippen molar-refractivity contribution in [3.8, 4) is 0 Å². The molecule has 0 aromatic rings. The van der Waals surface area contributed by atoms with Crippen LogP contribution in [0.1, 0.15) is 98.2 Å². The molecule has 0 unspecified atom stereocenters. The molecule has 140 valence electrons. The summed E-state index contributed by atoms with van der Waals surface area (Å²) in [5.74, 6) is 0. The average Bonchev–Trinajstić information content (AvgIpc) is 2.49. The Bertz CT molecular complexity index is 373. The molecule has 0 N–H and O–H groups in total. The largest absolute Gasteiger partial charge is 1.00 e. The van der Waals surface area contributed by atoms with Crippen molar-refractivity contribution in [2.45, 2.75) is 96.8 Å². The Balaban J connectivity index is -0.00000242. The van der Waals surface area contributed by atoms with Crippen LogP contribution < -0.4 is 29.6 Å². The maximum atomic E-state index is 10.8. The molecule has 0 fully saturated rings. The molecule has 0 bridgehead atoms. The van der Waals surface area contributed by atoms with Crippen molar-refractivity contribution >= 4 is 10.1 Å². The maximum absolute atomic E-state index is 10.8. The van der Waals surface area contributed by atoms with E-state index in [9.17, 15) is 8.42 Å². The van der Waals surface area contributed by atoms with E-state index in [4.69, 9.17) is 4.18 Å². The third-order valence-corrected chi connectivity index (χ3v) is 4.55. The number of allylic oxidation sites excluding steroid dienone is 2. The Morgan fingerprint density at radius 3 is 1.62 bits per heavy atom. The molecule has 0 aliphatic rings. The summed E-state index contributed by atoms with van der Waals surface area (Å²) in [6, 6.07) is 0. The van der Waals surface area contributed by atoms with Crippen LogP contribution in [0.5, 0.6) is 0 Å². The summed E-state index contributed by atoms with van der Waals surface area (Å²) in [6.07, 6.45) is 23.3. The van der Waals surface area contributed by atoms with E-state index in [0.717, 1.165) is 19.1 Å². The first-order valence-electron chi connectivity index (χ1n) is 9.55. The smallest absolute Gasteiger partial charge is 1.00 e. The Hall–Kier alpha value is 0.650. The molecule has 0 rings (SSSR count). The first-order valence-corrected chi connectivity index (χ1v) is 11.4. The molecule has 0 heterocycles. The summed E-state index contributed by atoms with van der Waals surface area (Å²) in [5.41, 5.74) is 0. The van der Waals surface area contributed by atoms with Crippen LogP contribution in [0.15, 0.2) is 12.2 Å². The van der Waals surface area contributed by atoms with Crippen LogP contribution in [0, 0.1) is 0 Å². The van der Waals surface area contributed by atoms with E-state index in [1.54, 1.807) is 0 Å². The fourth-order valence-electron chi connectivity index (χ4n) is 2.56. The van der Waals surface area contributed by atoms with Crippen molar-refractivity contribution < 1.29 is 43.6 Å². The number of rotatable bonds is 17. The summed E-state index contributed by atoms with van der Waals surface area (Å²) in [5, 5.41) is 0. The van der Waals surface area contributed by atoms with E-state index in [1.165, 1.54) is 77.0 Å². The molecule has 0 atom stereocenters. The van der Waals surface area contributed by atoms with Gasteiger partial charge in [-0.1, -0.05) is 76.9 Å². The summed E-state index contributed by atoms with van der Waals surface area (Å²) in [6.45, 7) is 2.59. The van der Waals surface area contributed by atoms with Crippen LogP contribution in [0.4, 0.5) is 0 Å². The van der Waals surface area contributed by atoms with Gasteiger partial charge in [0.25, 0.3) is 10.1 Å². The monoisotopic (exact) mass is 370 g/mol. The van der Waals surface area contributed by atoms with Crippen LogP contribution in [0.25, 0.3) is 0 Å². The van der Waals surface area contributed by atoms with E-state index in [2.05, 4.69) is 19.1 Å². The molecule has 0 aliphatic heterocycles. The summed E-state index contributed by atoms with van der Waals surface area (Å²) < 4.78 is 26.2. The summed E-state index contributed by atoms with van der Waals surface area (Å²) >= 11 is 0. The van der Waals surface area contributed by atoms with Gasteiger partial charge in [-0.3, -0.25) is 4.18 Å². The second-order valence-corrected chi connectivity index (χ2v) is 8.11. The van der Waals surface area contributed by atoms with Crippen LogP contribution in [0.3, 0.4) is 0 Å². The number of hydrogen-bond donors (Lipinski definition) is 0. The fourth-order valence-corrected chi connectivity index (χ4v) is 2.98. The van der Waals surface area contributed by atoms with Gasteiger partial charge in [0.15, 0.2) is 0 Å². The first-order chi connectivity index (χ1) is 11.1. The predicted molar refractivity (Wildman–Crippen MR) is 101 cm³/mol. The van der Waals surface area contributed by atoms with E-state index in [-0.39, 0.29) is 31.0 Å². The van der Waals surface area contributed by atoms with Crippen molar-refractivity contribution in [3.63, 3.8) is 0 Å². The minimum absolute atomic E-state index is 0. The molecule has 0 saturated heterocycles. The molecule has 24 heavy (non-hydrogen) atoms. The minimum Gasteiger partial charge on any atom is -1.00 e. The Morgan fingerprint density at radius 1 is 0.750 bits per heavy atom. The van der Waals surface area contributed by atoms with Gasteiger partial charge in [0, 0.05) is 0 Å². The standard InChI is InChI=1S/C19H38O3S.Na.H/c1-3-4-5-6-7-8-9-10-11-12-13-14-15-16-17-18-19-22-23(2,20)21;;/h10-11H,3-9,12-19H2,1-2H3;;/q;+1;-1/b11-10-;;. The number of hydrogen-bond acceptors (Lipinski definition) is 3. The molecule has 0 aromatic carbocycles. The summed E-state index contributed by atoms with van der Waals surface area (Å²) in [4.78, 5) is 0. The Labute approximate surface area is 174 Å². The third kappa shape index (κ3) is 24.9. The molecular weight excluding hydrogens is 331 g/mol. The van der Waals surface area contributed by atoms with Gasteiger partial charge in [-0.25, -0.2) is 0 Å². The van der Waals surface area contributed by atoms with Crippen molar-refractivity contribution in [1.29, 1.82) is 0 Å². The van der Waals surface area contributed by atoms with E-state index in [1.807, 2.05) is 0 Å². The molecule has 0 saturated carbocycles. The summed E-state index contributed by atoms with van der Waals surface area (Å²) in [7, 11) is -3.25. The molecule has 0 spiro atoms. The SMILES string of the molecule is CCCCCCCC/C=C\CCCCCCCCOS(C)(=O)=O.[H-].[Na+]. The van der Waals surface area contributed by atoms with E-state index in [0.29, 0.717) is 6.61 Å². The van der Waals surface area contributed by atoms with Crippen molar-refractivity contribution in [1.82, 2.24) is 0 Å². The van der Waals surface area contributed by atoms with Crippen molar-refractivity contribution in [2.24, 2.45) is 0 Å². The molecule has 0 radical (unpaired) electrons. The molecule has 5 heteroatoms. The first kappa shape index (κ1) is 26.9. The van der Waals surface area contributed by atoms with Crippen LogP contribution >= 0.6 is 0 Å². The Morgan fingerprint density at radius 2 is 1.17 bits per heavy atom. The Kier molecular flexibility index (Phi) is 22.4. The van der Waals surface area contributed by atoms with Gasteiger partial charge in [-0.15, -0.1) is 0 Å². The normalized spacial score (nSPS) is 11.8.